The van der Waals surface area contributed by atoms with Crippen LogP contribution in [-0.4, -0.2) is 30.3 Å². The first kappa shape index (κ1) is 10.5. The number of rotatable bonds is 3. The Morgan fingerprint density at radius 3 is 2.71 bits per heavy atom. The van der Waals surface area contributed by atoms with E-state index >= 15 is 0 Å². The molecule has 6 nitrogen and oxygen atoms in total. The van der Waals surface area contributed by atoms with Crippen LogP contribution in [0, 0.1) is 5.92 Å². The molecule has 0 aromatic heterocycles. The van der Waals surface area contributed by atoms with Crippen LogP contribution in [0.5, 0.6) is 0 Å². The number of hydrogen-bond acceptors (Lipinski definition) is 3. The summed E-state index contributed by atoms with van der Waals surface area (Å²) in [6.45, 7) is 1.83. The van der Waals surface area contributed by atoms with Crippen molar-refractivity contribution in [1.82, 2.24) is 10.6 Å². The molecule has 1 aliphatic rings. The van der Waals surface area contributed by atoms with Crippen LogP contribution in [0.3, 0.4) is 0 Å². The molecule has 1 rings (SSSR count). The quantitative estimate of drug-likeness (QED) is 0.495. The minimum Gasteiger partial charge on any atom is -0.368 e. The predicted molar refractivity (Wildman–Crippen MR) is 47.9 cm³/mol. The molecule has 3 amide bonds. The Labute approximate surface area is 81.2 Å². The summed E-state index contributed by atoms with van der Waals surface area (Å²) >= 11 is 0. The number of hydrogen-bond donors (Lipinski definition) is 3. The Bertz CT molecular complexity index is 277. The van der Waals surface area contributed by atoms with Crippen LogP contribution in [-0.2, 0) is 14.4 Å². The zero-order valence-corrected chi connectivity index (χ0v) is 7.87. The third-order valence-corrected chi connectivity index (χ3v) is 2.13. The van der Waals surface area contributed by atoms with E-state index in [9.17, 15) is 14.4 Å². The molecular weight excluding hydrogens is 186 g/mol. The monoisotopic (exact) mass is 199 g/mol. The van der Waals surface area contributed by atoms with E-state index in [1.807, 2.05) is 0 Å². The minimum atomic E-state index is -0.696. The molecule has 4 N–H and O–H groups in total. The molecule has 1 fully saturated rings. The van der Waals surface area contributed by atoms with Gasteiger partial charge in [-0.15, -0.1) is 0 Å². The maximum Gasteiger partial charge on any atom is 0.239 e. The molecule has 0 saturated carbocycles. The standard InChI is InChI=1S/C8H13N3O3/c1-4(7(9)13)11-8(14)5-2-6(12)10-3-5/h4-5H,2-3H2,1H3,(H2,9,13)(H,10,12)(H,11,14). The van der Waals surface area contributed by atoms with Gasteiger partial charge in [0, 0.05) is 13.0 Å². The van der Waals surface area contributed by atoms with E-state index in [-0.39, 0.29) is 24.2 Å². The molecule has 14 heavy (non-hydrogen) atoms. The molecule has 0 aliphatic carbocycles. The smallest absolute Gasteiger partial charge is 0.239 e. The number of nitrogens with one attached hydrogen (secondary N) is 2. The first-order valence-electron chi connectivity index (χ1n) is 4.37. The molecule has 0 spiro atoms. The van der Waals surface area contributed by atoms with Crippen molar-refractivity contribution < 1.29 is 14.4 Å². The van der Waals surface area contributed by atoms with Crippen molar-refractivity contribution in [3.05, 3.63) is 0 Å². The fourth-order valence-electron chi connectivity index (χ4n) is 1.19. The van der Waals surface area contributed by atoms with Crippen LogP contribution in [0.25, 0.3) is 0 Å². The average Bonchev–Trinajstić information content (AvgIpc) is 2.51. The summed E-state index contributed by atoms with van der Waals surface area (Å²) in [4.78, 5) is 32.8. The Hall–Kier alpha value is -1.59. The van der Waals surface area contributed by atoms with E-state index in [4.69, 9.17) is 5.73 Å². The molecule has 0 radical (unpaired) electrons. The van der Waals surface area contributed by atoms with Gasteiger partial charge in [-0.05, 0) is 6.92 Å². The van der Waals surface area contributed by atoms with Crippen molar-refractivity contribution >= 4 is 17.7 Å². The van der Waals surface area contributed by atoms with Crippen molar-refractivity contribution in [2.45, 2.75) is 19.4 Å². The van der Waals surface area contributed by atoms with Crippen LogP contribution in [0.4, 0.5) is 0 Å². The van der Waals surface area contributed by atoms with Gasteiger partial charge >= 0.3 is 0 Å². The molecule has 1 saturated heterocycles. The van der Waals surface area contributed by atoms with E-state index in [2.05, 4.69) is 10.6 Å². The van der Waals surface area contributed by atoms with Gasteiger partial charge in [0.2, 0.25) is 17.7 Å². The first-order chi connectivity index (χ1) is 6.50. The number of amides is 3. The largest absolute Gasteiger partial charge is 0.368 e. The molecule has 0 bridgehead atoms. The lowest BCUT2D eigenvalue weighted by molar-refractivity contribution is -0.129. The van der Waals surface area contributed by atoms with Gasteiger partial charge in [0.1, 0.15) is 6.04 Å². The zero-order chi connectivity index (χ0) is 10.7. The van der Waals surface area contributed by atoms with Crippen LogP contribution < -0.4 is 16.4 Å². The molecule has 0 aromatic carbocycles. The second-order valence-corrected chi connectivity index (χ2v) is 3.34. The van der Waals surface area contributed by atoms with Crippen molar-refractivity contribution in [3.63, 3.8) is 0 Å². The van der Waals surface area contributed by atoms with Crippen molar-refractivity contribution in [2.24, 2.45) is 11.7 Å². The van der Waals surface area contributed by atoms with Crippen LogP contribution in [0.2, 0.25) is 0 Å². The molecule has 0 aromatic rings. The summed E-state index contributed by atoms with van der Waals surface area (Å²) in [5.41, 5.74) is 4.97. The number of nitrogens with two attached hydrogens (primary N) is 1. The Morgan fingerprint density at radius 2 is 2.29 bits per heavy atom. The van der Waals surface area contributed by atoms with E-state index in [0.717, 1.165) is 0 Å². The normalized spacial score (nSPS) is 22.6. The molecule has 78 valence electrons. The molecule has 6 heteroatoms. The van der Waals surface area contributed by atoms with Gasteiger partial charge in [-0.2, -0.15) is 0 Å². The topological polar surface area (TPSA) is 101 Å². The van der Waals surface area contributed by atoms with Gasteiger partial charge in [-0.1, -0.05) is 0 Å². The highest BCUT2D eigenvalue weighted by atomic mass is 16.2. The highest BCUT2D eigenvalue weighted by Crippen LogP contribution is 2.08. The summed E-state index contributed by atoms with van der Waals surface area (Å²) in [6, 6.07) is -0.696. The summed E-state index contributed by atoms with van der Waals surface area (Å²) in [7, 11) is 0. The molecule has 2 atom stereocenters. The van der Waals surface area contributed by atoms with Crippen molar-refractivity contribution in [2.75, 3.05) is 6.54 Å². The van der Waals surface area contributed by atoms with Crippen LogP contribution >= 0.6 is 0 Å². The summed E-state index contributed by atoms with van der Waals surface area (Å²) in [5.74, 6) is -1.42. The Kier molecular flexibility index (Phi) is 3.06. The van der Waals surface area contributed by atoms with Gasteiger partial charge in [-0.3, -0.25) is 14.4 Å². The number of carbonyl (C=O) groups is 3. The lowest BCUT2D eigenvalue weighted by Crippen LogP contribution is -2.45. The summed E-state index contributed by atoms with van der Waals surface area (Å²) in [6.07, 6.45) is 0.178. The predicted octanol–water partition coefficient (Wildman–Crippen LogP) is -1.89. The average molecular weight is 199 g/mol. The fraction of sp³-hybridized carbons (Fsp3) is 0.625. The number of carbonyl (C=O) groups excluding carboxylic acids is 3. The van der Waals surface area contributed by atoms with E-state index in [1.54, 1.807) is 0 Å². The van der Waals surface area contributed by atoms with Crippen LogP contribution in [0.15, 0.2) is 0 Å². The molecule has 1 heterocycles. The lowest BCUT2D eigenvalue weighted by Gasteiger charge is -2.12. The Morgan fingerprint density at radius 1 is 1.64 bits per heavy atom. The third kappa shape index (κ3) is 2.45. The highest BCUT2D eigenvalue weighted by molar-refractivity contribution is 5.91. The summed E-state index contributed by atoms with van der Waals surface area (Å²) in [5, 5.41) is 4.97. The van der Waals surface area contributed by atoms with Crippen molar-refractivity contribution in [1.29, 1.82) is 0 Å². The lowest BCUT2D eigenvalue weighted by atomic mass is 10.1. The second kappa shape index (κ2) is 4.08. The minimum absolute atomic E-state index is 0.142. The Balaban J connectivity index is 2.42. The van der Waals surface area contributed by atoms with E-state index in [1.165, 1.54) is 6.92 Å². The first-order valence-corrected chi connectivity index (χ1v) is 4.37. The number of primary amides is 1. The maximum atomic E-state index is 11.4. The zero-order valence-electron chi connectivity index (χ0n) is 7.87. The second-order valence-electron chi connectivity index (χ2n) is 3.34. The molecule has 2 unspecified atom stereocenters. The van der Waals surface area contributed by atoms with E-state index in [0.29, 0.717) is 6.54 Å². The SMILES string of the molecule is CC(NC(=O)C1CNC(=O)C1)C(N)=O. The van der Waals surface area contributed by atoms with Crippen LogP contribution in [0.1, 0.15) is 13.3 Å². The summed E-state index contributed by atoms with van der Waals surface area (Å²) < 4.78 is 0. The highest BCUT2D eigenvalue weighted by Gasteiger charge is 2.29. The van der Waals surface area contributed by atoms with Crippen molar-refractivity contribution in [3.8, 4) is 0 Å². The maximum absolute atomic E-state index is 11.4. The molecular formula is C8H13N3O3. The van der Waals surface area contributed by atoms with Gasteiger partial charge in [0.05, 0.1) is 5.92 Å². The van der Waals surface area contributed by atoms with Gasteiger partial charge < -0.3 is 16.4 Å². The third-order valence-electron chi connectivity index (χ3n) is 2.13. The van der Waals surface area contributed by atoms with Gasteiger partial charge in [0.25, 0.3) is 0 Å². The fourth-order valence-corrected chi connectivity index (χ4v) is 1.19. The van der Waals surface area contributed by atoms with Gasteiger partial charge in [0.15, 0.2) is 0 Å². The van der Waals surface area contributed by atoms with E-state index < -0.39 is 11.9 Å². The van der Waals surface area contributed by atoms with Gasteiger partial charge in [-0.25, -0.2) is 0 Å². The molecule has 1 aliphatic heterocycles.